The first-order chi connectivity index (χ1) is 11.0. The third kappa shape index (κ3) is 5.12. The summed E-state index contributed by atoms with van der Waals surface area (Å²) < 4.78 is 6.91. The SMILES string of the molecule is CC(=O)N(S)CCNCC(O)COc1cccc2c1CC(=O)N2. The lowest BCUT2D eigenvalue weighted by Crippen LogP contribution is -2.36. The third-order valence-corrected chi connectivity index (χ3v) is 3.90. The molecule has 3 N–H and O–H groups in total. The largest absolute Gasteiger partial charge is 0.490 e. The Kier molecular flexibility index (Phi) is 6.26. The minimum atomic E-state index is -0.693. The molecule has 1 atom stereocenters. The fourth-order valence-electron chi connectivity index (χ4n) is 2.21. The van der Waals surface area contributed by atoms with Crippen molar-refractivity contribution in [1.82, 2.24) is 9.62 Å². The van der Waals surface area contributed by atoms with Crippen LogP contribution in [0.1, 0.15) is 12.5 Å². The van der Waals surface area contributed by atoms with E-state index < -0.39 is 6.10 Å². The minimum absolute atomic E-state index is 0.0555. The first-order valence-corrected chi connectivity index (χ1v) is 7.77. The second-order valence-corrected chi connectivity index (χ2v) is 5.80. The molecule has 0 fully saturated rings. The fraction of sp³-hybridized carbons (Fsp3) is 0.467. The predicted octanol–water partition coefficient (Wildman–Crippen LogP) is 0.204. The molecule has 8 heteroatoms. The zero-order valence-electron chi connectivity index (χ0n) is 12.9. The number of ether oxygens (including phenoxy) is 1. The van der Waals surface area contributed by atoms with Gasteiger partial charge in [-0.1, -0.05) is 18.9 Å². The van der Waals surface area contributed by atoms with Crippen molar-refractivity contribution in [3.63, 3.8) is 0 Å². The summed E-state index contributed by atoms with van der Waals surface area (Å²) in [5.74, 6) is 0.429. The van der Waals surface area contributed by atoms with Gasteiger partial charge in [-0.2, -0.15) is 0 Å². The van der Waals surface area contributed by atoms with E-state index in [0.29, 0.717) is 31.8 Å². The van der Waals surface area contributed by atoms with Crippen molar-refractivity contribution in [1.29, 1.82) is 0 Å². The molecule has 1 heterocycles. The minimum Gasteiger partial charge on any atom is -0.490 e. The van der Waals surface area contributed by atoms with E-state index in [0.717, 1.165) is 11.3 Å². The van der Waals surface area contributed by atoms with Crippen LogP contribution in [0.15, 0.2) is 18.2 Å². The highest BCUT2D eigenvalue weighted by atomic mass is 32.1. The maximum atomic E-state index is 11.4. The van der Waals surface area contributed by atoms with E-state index in [4.69, 9.17) is 4.74 Å². The number of aliphatic hydroxyl groups is 1. The van der Waals surface area contributed by atoms with Gasteiger partial charge in [0, 0.05) is 37.8 Å². The molecular weight excluding hydrogens is 318 g/mol. The number of nitrogens with zero attached hydrogens (tertiary/aromatic N) is 1. The van der Waals surface area contributed by atoms with Gasteiger partial charge in [-0.25, -0.2) is 0 Å². The highest BCUT2D eigenvalue weighted by molar-refractivity contribution is 7.78. The van der Waals surface area contributed by atoms with Crippen LogP contribution in [0.4, 0.5) is 5.69 Å². The molecule has 0 saturated heterocycles. The van der Waals surface area contributed by atoms with Gasteiger partial charge in [0.2, 0.25) is 11.8 Å². The molecule has 23 heavy (non-hydrogen) atoms. The molecule has 1 aliphatic rings. The number of hydrogen-bond donors (Lipinski definition) is 4. The maximum absolute atomic E-state index is 11.4. The van der Waals surface area contributed by atoms with Crippen molar-refractivity contribution < 1.29 is 19.4 Å². The molecule has 0 radical (unpaired) electrons. The predicted molar refractivity (Wildman–Crippen MR) is 89.5 cm³/mol. The van der Waals surface area contributed by atoms with Crippen LogP contribution >= 0.6 is 12.8 Å². The van der Waals surface area contributed by atoms with E-state index in [1.54, 1.807) is 12.1 Å². The lowest BCUT2D eigenvalue weighted by molar-refractivity contribution is -0.123. The molecule has 1 aromatic carbocycles. The summed E-state index contributed by atoms with van der Waals surface area (Å²) in [6.45, 7) is 2.87. The van der Waals surface area contributed by atoms with E-state index >= 15 is 0 Å². The summed E-state index contributed by atoms with van der Waals surface area (Å²) in [4.78, 5) is 22.4. The Hall–Kier alpha value is -1.77. The Bertz CT molecular complexity index is 582. The van der Waals surface area contributed by atoms with Crippen LogP contribution in [0.3, 0.4) is 0 Å². The van der Waals surface area contributed by atoms with Crippen molar-refractivity contribution in [3.05, 3.63) is 23.8 Å². The van der Waals surface area contributed by atoms with Crippen LogP contribution in [0.2, 0.25) is 0 Å². The Labute approximate surface area is 140 Å². The van der Waals surface area contributed by atoms with Gasteiger partial charge in [-0.15, -0.1) is 0 Å². The normalized spacial score (nSPS) is 14.1. The molecule has 126 valence electrons. The fourth-order valence-corrected chi connectivity index (χ4v) is 2.31. The number of nitrogens with one attached hydrogen (secondary N) is 2. The monoisotopic (exact) mass is 339 g/mol. The number of carbonyl (C=O) groups excluding carboxylic acids is 2. The summed E-state index contributed by atoms with van der Waals surface area (Å²) in [6.07, 6.45) is -0.399. The van der Waals surface area contributed by atoms with Gasteiger partial charge in [0.1, 0.15) is 18.5 Å². The summed E-state index contributed by atoms with van der Waals surface area (Å²) in [5, 5.41) is 15.7. The van der Waals surface area contributed by atoms with E-state index in [9.17, 15) is 14.7 Å². The molecule has 1 aliphatic heterocycles. The van der Waals surface area contributed by atoms with Crippen molar-refractivity contribution in [2.75, 3.05) is 31.6 Å². The van der Waals surface area contributed by atoms with Gasteiger partial charge in [-0.3, -0.25) is 13.9 Å². The maximum Gasteiger partial charge on any atom is 0.229 e. The number of rotatable bonds is 8. The van der Waals surface area contributed by atoms with Gasteiger partial charge in [0.15, 0.2) is 0 Å². The number of thiol groups is 1. The van der Waals surface area contributed by atoms with Crippen LogP contribution in [-0.4, -0.2) is 53.6 Å². The smallest absolute Gasteiger partial charge is 0.229 e. The lowest BCUT2D eigenvalue weighted by Gasteiger charge is -2.16. The van der Waals surface area contributed by atoms with Gasteiger partial charge < -0.3 is 20.5 Å². The number of carbonyl (C=O) groups is 2. The molecule has 2 amide bonds. The standard InChI is InChI=1S/C15H21N3O4S/c1-10(19)18(23)6-5-16-8-11(20)9-22-14-4-2-3-13-12(14)7-15(21)17-13/h2-4,11,16,20,23H,5-9H2,1H3,(H,17,21). The third-order valence-electron chi connectivity index (χ3n) is 3.42. The quantitative estimate of drug-likeness (QED) is 0.401. The van der Waals surface area contributed by atoms with Crippen molar-refractivity contribution >= 4 is 30.3 Å². The number of fused-ring (bicyclic) bond motifs is 1. The van der Waals surface area contributed by atoms with E-state index in [1.165, 1.54) is 11.2 Å². The first-order valence-electron chi connectivity index (χ1n) is 7.37. The molecule has 0 aliphatic carbocycles. The molecule has 1 aromatic rings. The van der Waals surface area contributed by atoms with Crippen molar-refractivity contribution in [3.8, 4) is 5.75 Å². The summed E-state index contributed by atoms with van der Waals surface area (Å²) in [6, 6.07) is 5.40. The van der Waals surface area contributed by atoms with Gasteiger partial charge in [0.05, 0.1) is 6.42 Å². The topological polar surface area (TPSA) is 90.9 Å². The van der Waals surface area contributed by atoms with Crippen molar-refractivity contribution in [2.45, 2.75) is 19.4 Å². The van der Waals surface area contributed by atoms with Crippen LogP contribution in [-0.2, 0) is 16.0 Å². The Morgan fingerprint density at radius 3 is 3.09 bits per heavy atom. The second-order valence-electron chi connectivity index (χ2n) is 5.32. The molecular formula is C15H21N3O4S. The molecule has 7 nitrogen and oxygen atoms in total. The zero-order chi connectivity index (χ0) is 16.8. The summed E-state index contributed by atoms with van der Waals surface area (Å²) in [7, 11) is 0. The Balaban J connectivity index is 1.71. The molecule has 1 unspecified atom stereocenters. The molecule has 0 spiro atoms. The van der Waals surface area contributed by atoms with Crippen molar-refractivity contribution in [2.24, 2.45) is 0 Å². The number of benzene rings is 1. The molecule has 0 saturated carbocycles. The molecule has 0 aromatic heterocycles. The van der Waals surface area contributed by atoms with Gasteiger partial charge in [0.25, 0.3) is 0 Å². The average molecular weight is 339 g/mol. The van der Waals surface area contributed by atoms with Crippen LogP contribution in [0.25, 0.3) is 0 Å². The van der Waals surface area contributed by atoms with Crippen LogP contribution in [0, 0.1) is 0 Å². The highest BCUT2D eigenvalue weighted by Crippen LogP contribution is 2.31. The van der Waals surface area contributed by atoms with Crippen LogP contribution in [0.5, 0.6) is 5.75 Å². The van der Waals surface area contributed by atoms with Gasteiger partial charge >= 0.3 is 0 Å². The summed E-state index contributed by atoms with van der Waals surface area (Å²) >= 11 is 4.01. The summed E-state index contributed by atoms with van der Waals surface area (Å²) in [5.41, 5.74) is 1.59. The molecule has 0 bridgehead atoms. The number of amides is 2. The number of hydrogen-bond acceptors (Lipinski definition) is 6. The van der Waals surface area contributed by atoms with E-state index in [-0.39, 0.29) is 18.4 Å². The molecule has 2 rings (SSSR count). The first kappa shape index (κ1) is 17.6. The highest BCUT2D eigenvalue weighted by Gasteiger charge is 2.21. The van der Waals surface area contributed by atoms with E-state index in [2.05, 4.69) is 23.4 Å². The number of anilines is 1. The lowest BCUT2D eigenvalue weighted by atomic mass is 10.1. The van der Waals surface area contributed by atoms with Gasteiger partial charge in [-0.05, 0) is 12.1 Å². The van der Waals surface area contributed by atoms with E-state index in [1.807, 2.05) is 6.07 Å². The number of aliphatic hydroxyl groups excluding tert-OH is 1. The Morgan fingerprint density at radius 1 is 1.57 bits per heavy atom. The zero-order valence-corrected chi connectivity index (χ0v) is 13.8. The second kappa shape index (κ2) is 8.19. The Morgan fingerprint density at radius 2 is 2.35 bits per heavy atom. The van der Waals surface area contributed by atoms with Crippen LogP contribution < -0.4 is 15.4 Å². The average Bonchev–Trinajstić information content (AvgIpc) is 2.89.